The highest BCUT2D eigenvalue weighted by atomic mass is 127. The Bertz CT molecular complexity index is 729. The molecule has 3 aromatic heterocycles. The molecule has 0 N–H and O–H groups in total. The summed E-state index contributed by atoms with van der Waals surface area (Å²) in [5.41, 5.74) is 4.01. The first-order valence-electron chi connectivity index (χ1n) is 8.04. The molecule has 25 heavy (non-hydrogen) atoms. The maximum absolute atomic E-state index is 5.15. The van der Waals surface area contributed by atoms with Gasteiger partial charge in [-0.1, -0.05) is 18.2 Å². The molecule has 0 bridgehead atoms. The Kier molecular flexibility index (Phi) is 6.84. The molecule has 0 atom stereocenters. The van der Waals surface area contributed by atoms with E-state index >= 15 is 0 Å². The van der Waals surface area contributed by atoms with E-state index < -0.39 is 0 Å². The van der Waals surface area contributed by atoms with Gasteiger partial charge >= 0.3 is 0 Å². The van der Waals surface area contributed by atoms with E-state index in [0.717, 1.165) is 42.4 Å². The summed E-state index contributed by atoms with van der Waals surface area (Å²) in [5, 5.41) is 0. The molecule has 0 unspecified atom stereocenters. The third kappa shape index (κ3) is 5.84. The lowest BCUT2D eigenvalue weighted by atomic mass is 10.2. The van der Waals surface area contributed by atoms with Crippen LogP contribution in [0.15, 0.2) is 67.0 Å². The van der Waals surface area contributed by atoms with Crippen molar-refractivity contribution in [2.45, 2.75) is 26.2 Å². The minimum absolute atomic E-state index is 0.509. The number of hydrogen-bond donors (Lipinski definition) is 0. The molecule has 0 aliphatic heterocycles. The van der Waals surface area contributed by atoms with E-state index in [4.69, 9.17) is 3.07 Å². The van der Waals surface area contributed by atoms with Gasteiger partial charge in [-0.2, -0.15) is 0 Å². The summed E-state index contributed by atoms with van der Waals surface area (Å²) in [5.74, 6) is 0. The Hall–Kier alpha value is -1.90. The van der Waals surface area contributed by atoms with E-state index in [1.54, 1.807) is 0 Å². The number of aromatic nitrogens is 3. The Labute approximate surface area is 161 Å². The molecule has 0 amide bonds. The van der Waals surface area contributed by atoms with Crippen molar-refractivity contribution >= 4 is 23.0 Å². The number of rotatable bonds is 8. The van der Waals surface area contributed by atoms with Crippen LogP contribution in [0.1, 0.15) is 22.8 Å². The van der Waals surface area contributed by atoms with Gasteiger partial charge in [-0.15, -0.1) is 0 Å². The molecular weight excluding hydrogens is 427 g/mol. The van der Waals surface area contributed by atoms with Gasteiger partial charge in [0.2, 0.25) is 0 Å². The first kappa shape index (κ1) is 17.9. The molecule has 128 valence electrons. The van der Waals surface area contributed by atoms with Crippen LogP contribution in [-0.2, 0) is 29.3 Å². The highest BCUT2D eigenvalue weighted by Gasteiger charge is 2.11. The van der Waals surface area contributed by atoms with Crippen molar-refractivity contribution < 1.29 is 3.07 Å². The molecule has 0 aliphatic rings. The number of pyridine rings is 3. The van der Waals surface area contributed by atoms with Crippen LogP contribution >= 0.6 is 23.0 Å². The van der Waals surface area contributed by atoms with E-state index in [1.165, 1.54) is 0 Å². The van der Waals surface area contributed by atoms with Crippen molar-refractivity contribution in [2.24, 2.45) is 0 Å². The van der Waals surface area contributed by atoms with Crippen LogP contribution in [0.5, 0.6) is 0 Å². The van der Waals surface area contributed by atoms with Gasteiger partial charge in [-0.3, -0.25) is 19.9 Å². The maximum atomic E-state index is 5.15. The summed E-state index contributed by atoms with van der Waals surface area (Å²) >= 11 is 1.89. The van der Waals surface area contributed by atoms with Gasteiger partial charge < -0.3 is 3.07 Å². The zero-order valence-corrected chi connectivity index (χ0v) is 15.9. The summed E-state index contributed by atoms with van der Waals surface area (Å²) in [6.45, 7) is 2.72. The zero-order chi connectivity index (χ0) is 17.3. The molecule has 0 saturated carbocycles. The van der Waals surface area contributed by atoms with Gasteiger partial charge in [0.25, 0.3) is 0 Å². The Morgan fingerprint density at radius 1 is 0.720 bits per heavy atom. The van der Waals surface area contributed by atoms with Crippen molar-refractivity contribution in [3.8, 4) is 0 Å². The Balaban J connectivity index is 1.76. The van der Waals surface area contributed by atoms with Gasteiger partial charge in [0.05, 0.1) is 22.8 Å². The number of nitrogens with zero attached hydrogens (tertiary/aromatic N) is 4. The maximum Gasteiger partial charge on any atom is 0.110 e. The fourth-order valence-corrected chi connectivity index (χ4v) is 2.91. The fourth-order valence-electron chi connectivity index (χ4n) is 2.59. The first-order valence-corrected chi connectivity index (χ1v) is 8.92. The fraction of sp³-hybridized carbons (Fsp3) is 0.211. The van der Waals surface area contributed by atoms with Gasteiger partial charge in [-0.25, -0.2) is 0 Å². The lowest BCUT2D eigenvalue weighted by molar-refractivity contribution is 0.238. The summed E-state index contributed by atoms with van der Waals surface area (Å²) in [6, 6.07) is 18.0. The second kappa shape index (κ2) is 9.55. The molecule has 0 radical (unpaired) electrons. The van der Waals surface area contributed by atoms with Gasteiger partial charge in [0.1, 0.15) is 29.6 Å². The highest BCUT2D eigenvalue weighted by Crippen LogP contribution is 2.12. The van der Waals surface area contributed by atoms with E-state index in [-0.39, 0.29) is 0 Å². The molecule has 5 nitrogen and oxygen atoms in total. The van der Waals surface area contributed by atoms with Crippen LogP contribution in [0, 0.1) is 0 Å². The standard InChI is InChI=1S/C19H19IN4O/c20-25-15-19-9-5-8-18(23-19)14-24(12-16-6-1-3-10-21-16)13-17-7-2-4-11-22-17/h1-11H,12-15H2. The normalized spacial score (nSPS) is 11.0. The van der Waals surface area contributed by atoms with Crippen LogP contribution in [0.25, 0.3) is 0 Å². The topological polar surface area (TPSA) is 51.1 Å². The third-order valence-electron chi connectivity index (χ3n) is 3.68. The second-order valence-electron chi connectivity index (χ2n) is 5.66. The molecule has 0 aliphatic carbocycles. The Morgan fingerprint density at radius 3 is 1.84 bits per heavy atom. The average Bonchev–Trinajstić information content (AvgIpc) is 2.64. The van der Waals surface area contributed by atoms with Crippen LogP contribution < -0.4 is 0 Å². The molecule has 0 aromatic carbocycles. The van der Waals surface area contributed by atoms with E-state index in [2.05, 4.69) is 19.9 Å². The number of hydrogen-bond acceptors (Lipinski definition) is 5. The van der Waals surface area contributed by atoms with Gasteiger partial charge in [0.15, 0.2) is 0 Å². The molecule has 3 rings (SSSR count). The van der Waals surface area contributed by atoms with Crippen LogP contribution in [0.2, 0.25) is 0 Å². The van der Waals surface area contributed by atoms with Crippen molar-refractivity contribution in [1.82, 2.24) is 19.9 Å². The predicted molar refractivity (Wildman–Crippen MR) is 104 cm³/mol. The van der Waals surface area contributed by atoms with Gasteiger partial charge in [-0.05, 0) is 36.4 Å². The van der Waals surface area contributed by atoms with Crippen molar-refractivity contribution in [2.75, 3.05) is 0 Å². The minimum Gasteiger partial charge on any atom is -0.309 e. The van der Waals surface area contributed by atoms with Crippen molar-refractivity contribution in [1.29, 1.82) is 0 Å². The van der Waals surface area contributed by atoms with Crippen molar-refractivity contribution in [3.05, 3.63) is 89.8 Å². The largest absolute Gasteiger partial charge is 0.309 e. The Morgan fingerprint density at radius 2 is 1.28 bits per heavy atom. The molecule has 3 heterocycles. The summed E-state index contributed by atoms with van der Waals surface area (Å²) in [6.07, 6.45) is 3.65. The van der Waals surface area contributed by atoms with Crippen LogP contribution in [0.4, 0.5) is 0 Å². The minimum atomic E-state index is 0.509. The molecule has 0 fully saturated rings. The van der Waals surface area contributed by atoms with Crippen LogP contribution in [0.3, 0.4) is 0 Å². The molecular formula is C19H19IN4O. The van der Waals surface area contributed by atoms with Crippen LogP contribution in [-0.4, -0.2) is 19.9 Å². The first-order chi connectivity index (χ1) is 12.3. The van der Waals surface area contributed by atoms with E-state index in [1.807, 2.05) is 90.0 Å². The zero-order valence-electron chi connectivity index (χ0n) is 13.8. The lowest BCUT2D eigenvalue weighted by Gasteiger charge is -2.21. The smallest absolute Gasteiger partial charge is 0.110 e. The predicted octanol–water partition coefficient (Wildman–Crippen LogP) is 3.94. The van der Waals surface area contributed by atoms with Gasteiger partial charge in [0, 0.05) is 32.0 Å². The summed E-state index contributed by atoms with van der Waals surface area (Å²) in [7, 11) is 0. The average molecular weight is 446 g/mol. The van der Waals surface area contributed by atoms with Crippen molar-refractivity contribution in [3.63, 3.8) is 0 Å². The molecule has 0 spiro atoms. The quantitative estimate of drug-likeness (QED) is 0.491. The molecule has 6 heteroatoms. The number of halogens is 1. The van der Waals surface area contributed by atoms with E-state index in [9.17, 15) is 0 Å². The SMILES string of the molecule is IOCc1cccc(CN(Cc2ccccn2)Cc2ccccn2)n1. The molecule has 0 saturated heterocycles. The summed E-state index contributed by atoms with van der Waals surface area (Å²) in [4.78, 5) is 15.9. The second-order valence-corrected chi connectivity index (χ2v) is 6.28. The third-order valence-corrected chi connectivity index (χ3v) is 3.99. The monoisotopic (exact) mass is 446 g/mol. The lowest BCUT2D eigenvalue weighted by Crippen LogP contribution is -2.24. The summed E-state index contributed by atoms with van der Waals surface area (Å²) < 4.78 is 5.15. The van der Waals surface area contributed by atoms with E-state index in [0.29, 0.717) is 6.61 Å². The molecule has 3 aromatic rings. The highest BCUT2D eigenvalue weighted by molar-refractivity contribution is 14.1.